The van der Waals surface area contributed by atoms with Gasteiger partial charge >= 0.3 is 0 Å². The summed E-state index contributed by atoms with van der Waals surface area (Å²) in [4.78, 5) is 5.07. The first-order chi connectivity index (χ1) is 5.65. The van der Waals surface area contributed by atoms with E-state index in [0.29, 0.717) is 5.82 Å². The van der Waals surface area contributed by atoms with Gasteiger partial charge < -0.3 is 15.6 Å². The molecule has 0 atom stereocenters. The van der Waals surface area contributed by atoms with Crippen LogP contribution in [0.4, 0.5) is 5.82 Å². The number of anilines is 1. The van der Waals surface area contributed by atoms with Gasteiger partial charge in [0.05, 0.1) is 0 Å². The van der Waals surface area contributed by atoms with Gasteiger partial charge in [0.2, 0.25) is 0 Å². The Labute approximate surface area is 72.9 Å². The average Bonchev–Trinajstić information content (AvgIpc) is 2.30. The molecule has 0 aliphatic carbocycles. The van der Waals surface area contributed by atoms with Crippen LogP contribution >= 0.6 is 0 Å². The lowest BCUT2D eigenvalue weighted by Crippen LogP contribution is -2.10. The third kappa shape index (κ3) is 1.68. The Balaban J connectivity index is 2.91. The molecule has 3 nitrogen and oxygen atoms in total. The Morgan fingerprint density at radius 3 is 2.83 bits per heavy atom. The quantitative estimate of drug-likeness (QED) is 0.709. The van der Waals surface area contributed by atoms with Crippen LogP contribution in [0.25, 0.3) is 6.08 Å². The molecule has 0 saturated carbocycles. The van der Waals surface area contributed by atoms with Gasteiger partial charge in [-0.25, -0.2) is 0 Å². The fourth-order valence-corrected chi connectivity index (χ4v) is 1.21. The monoisotopic (exact) mass is 165 g/mol. The predicted octanol–water partition coefficient (Wildman–Crippen LogP) is 1.30. The number of nitrogens with zero attached hydrogens (tertiary/aromatic N) is 1. The SMILES string of the molecule is C=Cc1c(CN(C)C)c[nH]c1N. The third-order valence-corrected chi connectivity index (χ3v) is 1.73. The second-order valence-corrected chi connectivity index (χ2v) is 3.08. The Morgan fingerprint density at radius 2 is 2.33 bits per heavy atom. The van der Waals surface area contributed by atoms with Gasteiger partial charge in [-0.05, 0) is 19.7 Å². The zero-order valence-electron chi connectivity index (χ0n) is 7.59. The fourth-order valence-electron chi connectivity index (χ4n) is 1.21. The normalized spacial score (nSPS) is 10.6. The summed E-state index contributed by atoms with van der Waals surface area (Å²) in [5.74, 6) is 0.696. The van der Waals surface area contributed by atoms with Crippen molar-refractivity contribution in [2.45, 2.75) is 6.54 Å². The molecule has 0 fully saturated rings. The standard InChI is InChI=1S/C9H15N3/c1-4-8-7(6-12(2)3)5-11-9(8)10/h4-5,11H,1,6,10H2,2-3H3. The molecule has 3 N–H and O–H groups in total. The summed E-state index contributed by atoms with van der Waals surface area (Å²) in [6.07, 6.45) is 3.71. The van der Waals surface area contributed by atoms with Crippen molar-refractivity contribution < 1.29 is 0 Å². The van der Waals surface area contributed by atoms with Crippen LogP contribution < -0.4 is 5.73 Å². The number of nitrogen functional groups attached to an aromatic ring is 1. The molecular weight excluding hydrogens is 150 g/mol. The van der Waals surface area contributed by atoms with Crippen LogP contribution in [-0.4, -0.2) is 24.0 Å². The van der Waals surface area contributed by atoms with Gasteiger partial charge in [0.1, 0.15) is 5.82 Å². The summed E-state index contributed by atoms with van der Waals surface area (Å²) < 4.78 is 0. The van der Waals surface area contributed by atoms with Gasteiger partial charge in [-0.3, -0.25) is 0 Å². The number of hydrogen-bond acceptors (Lipinski definition) is 2. The highest BCUT2D eigenvalue weighted by Gasteiger charge is 2.05. The van der Waals surface area contributed by atoms with Crippen molar-refractivity contribution in [3.05, 3.63) is 23.9 Å². The summed E-state index contributed by atoms with van der Waals surface area (Å²) in [6, 6.07) is 0. The summed E-state index contributed by atoms with van der Waals surface area (Å²) in [5.41, 5.74) is 7.89. The topological polar surface area (TPSA) is 45.0 Å². The Bertz CT molecular complexity index is 273. The first kappa shape index (κ1) is 8.87. The molecule has 0 bridgehead atoms. The van der Waals surface area contributed by atoms with E-state index in [-0.39, 0.29) is 0 Å². The summed E-state index contributed by atoms with van der Waals surface area (Å²) in [7, 11) is 4.05. The molecule has 1 heterocycles. The van der Waals surface area contributed by atoms with Gasteiger partial charge in [-0.2, -0.15) is 0 Å². The van der Waals surface area contributed by atoms with E-state index in [1.165, 1.54) is 5.56 Å². The van der Waals surface area contributed by atoms with Gasteiger partial charge in [0, 0.05) is 18.3 Å². The summed E-state index contributed by atoms with van der Waals surface area (Å²) in [6.45, 7) is 4.60. The van der Waals surface area contributed by atoms with E-state index in [9.17, 15) is 0 Å². The lowest BCUT2D eigenvalue weighted by atomic mass is 10.2. The van der Waals surface area contributed by atoms with Crippen molar-refractivity contribution in [1.82, 2.24) is 9.88 Å². The van der Waals surface area contributed by atoms with Gasteiger partial charge in [0.15, 0.2) is 0 Å². The first-order valence-corrected chi connectivity index (χ1v) is 3.88. The van der Waals surface area contributed by atoms with Crippen LogP contribution in [0.5, 0.6) is 0 Å². The van der Waals surface area contributed by atoms with E-state index >= 15 is 0 Å². The van der Waals surface area contributed by atoms with Gasteiger partial charge in [-0.15, -0.1) is 0 Å². The number of aromatic amines is 1. The molecule has 0 radical (unpaired) electrons. The number of H-pyrrole nitrogens is 1. The smallest absolute Gasteiger partial charge is 0.108 e. The Morgan fingerprint density at radius 1 is 1.67 bits per heavy atom. The molecule has 0 spiro atoms. The molecule has 1 aromatic rings. The second kappa shape index (κ2) is 3.45. The van der Waals surface area contributed by atoms with Crippen LogP contribution in [0.1, 0.15) is 11.1 Å². The van der Waals surface area contributed by atoms with E-state index in [2.05, 4.69) is 16.5 Å². The molecule has 1 aromatic heterocycles. The van der Waals surface area contributed by atoms with Gasteiger partial charge in [0.25, 0.3) is 0 Å². The lowest BCUT2D eigenvalue weighted by Gasteiger charge is -2.08. The summed E-state index contributed by atoms with van der Waals surface area (Å²) >= 11 is 0. The Kier molecular flexibility index (Phi) is 2.55. The van der Waals surface area contributed by atoms with Crippen molar-refractivity contribution in [3.8, 4) is 0 Å². The van der Waals surface area contributed by atoms with Crippen LogP contribution in [0, 0.1) is 0 Å². The third-order valence-electron chi connectivity index (χ3n) is 1.73. The molecule has 0 aromatic carbocycles. The molecular formula is C9H15N3. The predicted molar refractivity (Wildman–Crippen MR) is 52.7 cm³/mol. The molecule has 12 heavy (non-hydrogen) atoms. The minimum atomic E-state index is 0.696. The zero-order valence-corrected chi connectivity index (χ0v) is 7.59. The number of hydrogen-bond donors (Lipinski definition) is 2. The van der Waals surface area contributed by atoms with E-state index in [0.717, 1.165) is 12.1 Å². The van der Waals surface area contributed by atoms with Crippen molar-refractivity contribution in [2.24, 2.45) is 0 Å². The molecule has 0 unspecified atom stereocenters. The number of aromatic nitrogens is 1. The largest absolute Gasteiger partial charge is 0.385 e. The molecule has 3 heteroatoms. The van der Waals surface area contributed by atoms with Crippen molar-refractivity contribution in [2.75, 3.05) is 19.8 Å². The molecule has 0 saturated heterocycles. The molecule has 0 amide bonds. The van der Waals surface area contributed by atoms with E-state index in [1.54, 1.807) is 6.08 Å². The van der Waals surface area contributed by atoms with E-state index in [1.807, 2.05) is 20.3 Å². The molecule has 1 rings (SSSR count). The van der Waals surface area contributed by atoms with Crippen molar-refractivity contribution in [1.29, 1.82) is 0 Å². The average molecular weight is 165 g/mol. The van der Waals surface area contributed by atoms with Crippen molar-refractivity contribution in [3.63, 3.8) is 0 Å². The van der Waals surface area contributed by atoms with Gasteiger partial charge in [-0.1, -0.05) is 12.7 Å². The maximum Gasteiger partial charge on any atom is 0.108 e. The number of nitrogens with one attached hydrogen (secondary N) is 1. The lowest BCUT2D eigenvalue weighted by molar-refractivity contribution is 0.402. The van der Waals surface area contributed by atoms with Crippen LogP contribution in [0.2, 0.25) is 0 Å². The Hall–Kier alpha value is -1.22. The zero-order chi connectivity index (χ0) is 9.14. The van der Waals surface area contributed by atoms with E-state index < -0.39 is 0 Å². The highest BCUT2D eigenvalue weighted by Crippen LogP contribution is 2.17. The fraction of sp³-hybridized carbons (Fsp3) is 0.333. The maximum absolute atomic E-state index is 5.68. The van der Waals surface area contributed by atoms with Crippen LogP contribution in [0.3, 0.4) is 0 Å². The molecule has 0 aliphatic rings. The maximum atomic E-state index is 5.68. The number of nitrogens with two attached hydrogens (primary N) is 1. The first-order valence-electron chi connectivity index (χ1n) is 3.88. The molecule has 0 aliphatic heterocycles. The second-order valence-electron chi connectivity index (χ2n) is 3.08. The van der Waals surface area contributed by atoms with E-state index in [4.69, 9.17) is 5.73 Å². The highest BCUT2D eigenvalue weighted by molar-refractivity contribution is 5.64. The van der Waals surface area contributed by atoms with Crippen LogP contribution in [0.15, 0.2) is 12.8 Å². The molecule has 66 valence electrons. The number of rotatable bonds is 3. The minimum absolute atomic E-state index is 0.696. The van der Waals surface area contributed by atoms with Crippen molar-refractivity contribution >= 4 is 11.9 Å². The van der Waals surface area contributed by atoms with Crippen LogP contribution in [-0.2, 0) is 6.54 Å². The minimum Gasteiger partial charge on any atom is -0.385 e. The highest BCUT2D eigenvalue weighted by atomic mass is 15.1. The summed E-state index contributed by atoms with van der Waals surface area (Å²) in [5, 5.41) is 0.